The van der Waals surface area contributed by atoms with E-state index < -0.39 is 0 Å². The molecule has 2 atom stereocenters. The summed E-state index contributed by atoms with van der Waals surface area (Å²) in [5.74, 6) is 0.562. The molecule has 2 rings (SSSR count). The number of hydrogen-bond acceptors (Lipinski definition) is 3. The molecular weight excluding hydrogens is 176 g/mol. The molecule has 0 radical (unpaired) electrons. The average Bonchev–Trinajstić information content (AvgIpc) is 2.45. The third-order valence-electron chi connectivity index (χ3n) is 3.13. The Morgan fingerprint density at radius 1 is 1.43 bits per heavy atom. The van der Waals surface area contributed by atoms with Crippen molar-refractivity contribution in [3.63, 3.8) is 0 Å². The van der Waals surface area contributed by atoms with E-state index in [1.165, 1.54) is 31.4 Å². The van der Waals surface area contributed by atoms with Crippen molar-refractivity contribution in [2.24, 2.45) is 12.8 Å². The SMILES string of the molecule is Cn1nncc1C1CCCCC(N)C1. The fourth-order valence-corrected chi connectivity index (χ4v) is 2.33. The van der Waals surface area contributed by atoms with Crippen molar-refractivity contribution in [2.75, 3.05) is 0 Å². The maximum Gasteiger partial charge on any atom is 0.0727 e. The summed E-state index contributed by atoms with van der Waals surface area (Å²) in [5.41, 5.74) is 7.27. The number of hydrogen-bond donors (Lipinski definition) is 1. The zero-order valence-corrected chi connectivity index (χ0v) is 8.69. The van der Waals surface area contributed by atoms with Gasteiger partial charge in [-0.05, 0) is 19.3 Å². The molecule has 2 unspecified atom stereocenters. The third-order valence-corrected chi connectivity index (χ3v) is 3.13. The lowest BCUT2D eigenvalue weighted by Crippen LogP contribution is -2.21. The summed E-state index contributed by atoms with van der Waals surface area (Å²) in [6, 6.07) is 0.359. The fraction of sp³-hybridized carbons (Fsp3) is 0.800. The molecule has 0 spiro atoms. The van der Waals surface area contributed by atoms with Crippen LogP contribution in [0.4, 0.5) is 0 Å². The number of nitrogens with two attached hydrogens (primary N) is 1. The summed E-state index contributed by atoms with van der Waals surface area (Å²) in [4.78, 5) is 0. The normalized spacial score (nSPS) is 28.7. The first kappa shape index (κ1) is 9.65. The Labute approximate surface area is 84.5 Å². The van der Waals surface area contributed by atoms with Crippen LogP contribution in [0.2, 0.25) is 0 Å². The molecule has 2 N–H and O–H groups in total. The van der Waals surface area contributed by atoms with Crippen molar-refractivity contribution < 1.29 is 0 Å². The Morgan fingerprint density at radius 2 is 2.21 bits per heavy atom. The van der Waals surface area contributed by atoms with Crippen molar-refractivity contribution in [1.29, 1.82) is 0 Å². The van der Waals surface area contributed by atoms with E-state index in [1.807, 2.05) is 17.9 Å². The summed E-state index contributed by atoms with van der Waals surface area (Å²) in [6.45, 7) is 0. The Bertz CT molecular complexity index is 294. The van der Waals surface area contributed by atoms with E-state index in [4.69, 9.17) is 5.73 Å². The van der Waals surface area contributed by atoms with Crippen molar-refractivity contribution in [3.05, 3.63) is 11.9 Å². The van der Waals surface area contributed by atoms with Gasteiger partial charge in [-0.3, -0.25) is 4.68 Å². The van der Waals surface area contributed by atoms with Crippen LogP contribution in [-0.4, -0.2) is 21.0 Å². The number of aryl methyl sites for hydroxylation is 1. The molecule has 0 aromatic carbocycles. The maximum atomic E-state index is 6.03. The molecule has 4 heteroatoms. The molecule has 1 fully saturated rings. The lowest BCUT2D eigenvalue weighted by molar-refractivity contribution is 0.504. The minimum atomic E-state index is 0.359. The van der Waals surface area contributed by atoms with E-state index >= 15 is 0 Å². The molecule has 1 saturated carbocycles. The van der Waals surface area contributed by atoms with Gasteiger partial charge in [0.25, 0.3) is 0 Å². The van der Waals surface area contributed by atoms with Crippen molar-refractivity contribution in [2.45, 2.75) is 44.1 Å². The van der Waals surface area contributed by atoms with Gasteiger partial charge in [0.15, 0.2) is 0 Å². The highest BCUT2D eigenvalue weighted by molar-refractivity contribution is 5.04. The second-order valence-corrected chi connectivity index (χ2v) is 4.26. The molecule has 0 bridgehead atoms. The molecule has 0 saturated heterocycles. The molecule has 1 aromatic heterocycles. The zero-order chi connectivity index (χ0) is 9.97. The highest BCUT2D eigenvalue weighted by atomic mass is 15.4. The molecule has 1 aromatic rings. The second kappa shape index (κ2) is 4.09. The fourth-order valence-electron chi connectivity index (χ4n) is 2.33. The summed E-state index contributed by atoms with van der Waals surface area (Å²) in [6.07, 6.45) is 7.91. The Morgan fingerprint density at radius 3 is 2.93 bits per heavy atom. The molecule has 1 aliphatic rings. The van der Waals surface area contributed by atoms with Gasteiger partial charge in [-0.1, -0.05) is 18.1 Å². The van der Waals surface area contributed by atoms with Gasteiger partial charge in [0.05, 0.1) is 11.9 Å². The predicted molar refractivity (Wildman–Crippen MR) is 54.8 cm³/mol. The molecule has 1 heterocycles. The summed E-state index contributed by atoms with van der Waals surface area (Å²) in [7, 11) is 1.96. The first-order valence-electron chi connectivity index (χ1n) is 5.37. The zero-order valence-electron chi connectivity index (χ0n) is 8.69. The van der Waals surface area contributed by atoms with Gasteiger partial charge < -0.3 is 5.73 Å². The smallest absolute Gasteiger partial charge is 0.0727 e. The van der Waals surface area contributed by atoms with E-state index in [-0.39, 0.29) is 0 Å². The highest BCUT2D eigenvalue weighted by Gasteiger charge is 2.21. The first-order chi connectivity index (χ1) is 6.77. The predicted octanol–water partition coefficient (Wildman–Crippen LogP) is 1.19. The van der Waals surface area contributed by atoms with Gasteiger partial charge in [-0.2, -0.15) is 0 Å². The van der Waals surface area contributed by atoms with Crippen LogP contribution < -0.4 is 5.73 Å². The quantitative estimate of drug-likeness (QED) is 0.683. The van der Waals surface area contributed by atoms with Crippen LogP contribution in [-0.2, 0) is 7.05 Å². The van der Waals surface area contributed by atoms with Crippen LogP contribution in [0.25, 0.3) is 0 Å². The summed E-state index contributed by atoms with van der Waals surface area (Å²) in [5, 5.41) is 7.90. The molecule has 1 aliphatic carbocycles. The van der Waals surface area contributed by atoms with Gasteiger partial charge in [0.2, 0.25) is 0 Å². The van der Waals surface area contributed by atoms with Crippen LogP contribution in [0.1, 0.15) is 43.7 Å². The van der Waals surface area contributed by atoms with Crippen LogP contribution in [0, 0.1) is 0 Å². The number of rotatable bonds is 1. The van der Waals surface area contributed by atoms with Crippen LogP contribution in [0.3, 0.4) is 0 Å². The van der Waals surface area contributed by atoms with E-state index in [2.05, 4.69) is 10.3 Å². The van der Waals surface area contributed by atoms with E-state index in [9.17, 15) is 0 Å². The summed E-state index contributed by atoms with van der Waals surface area (Å²) < 4.78 is 1.88. The Hall–Kier alpha value is -0.900. The molecule has 78 valence electrons. The first-order valence-corrected chi connectivity index (χ1v) is 5.37. The van der Waals surface area contributed by atoms with Gasteiger partial charge in [0, 0.05) is 19.0 Å². The van der Waals surface area contributed by atoms with Crippen LogP contribution in [0.15, 0.2) is 6.20 Å². The van der Waals surface area contributed by atoms with Gasteiger partial charge in [0.1, 0.15) is 0 Å². The van der Waals surface area contributed by atoms with Gasteiger partial charge in [-0.25, -0.2) is 0 Å². The molecule has 0 amide bonds. The molecular formula is C10H18N4. The molecule has 0 aliphatic heterocycles. The minimum absolute atomic E-state index is 0.359. The largest absolute Gasteiger partial charge is 0.328 e. The monoisotopic (exact) mass is 194 g/mol. The Balaban J connectivity index is 2.13. The second-order valence-electron chi connectivity index (χ2n) is 4.26. The van der Waals surface area contributed by atoms with Crippen LogP contribution >= 0.6 is 0 Å². The van der Waals surface area contributed by atoms with Crippen molar-refractivity contribution >= 4 is 0 Å². The van der Waals surface area contributed by atoms with Crippen molar-refractivity contribution in [1.82, 2.24) is 15.0 Å². The standard InChI is InChI=1S/C10H18N4/c1-14-10(7-12-13-14)8-4-2-3-5-9(11)6-8/h7-9H,2-6,11H2,1H3. The van der Waals surface area contributed by atoms with E-state index in [0.29, 0.717) is 12.0 Å². The van der Waals surface area contributed by atoms with Crippen LogP contribution in [0.5, 0.6) is 0 Å². The van der Waals surface area contributed by atoms with Gasteiger partial charge >= 0.3 is 0 Å². The van der Waals surface area contributed by atoms with Crippen molar-refractivity contribution in [3.8, 4) is 0 Å². The topological polar surface area (TPSA) is 56.7 Å². The van der Waals surface area contributed by atoms with Gasteiger partial charge in [-0.15, -0.1) is 5.10 Å². The van der Waals surface area contributed by atoms with E-state index in [1.54, 1.807) is 0 Å². The lowest BCUT2D eigenvalue weighted by Gasteiger charge is -2.16. The summed E-state index contributed by atoms with van der Waals surface area (Å²) >= 11 is 0. The lowest BCUT2D eigenvalue weighted by atomic mass is 9.95. The maximum absolute atomic E-state index is 6.03. The minimum Gasteiger partial charge on any atom is -0.328 e. The Kier molecular flexibility index (Phi) is 2.82. The number of nitrogens with zero attached hydrogens (tertiary/aromatic N) is 3. The third kappa shape index (κ3) is 1.95. The average molecular weight is 194 g/mol. The molecule has 4 nitrogen and oxygen atoms in total. The molecule has 14 heavy (non-hydrogen) atoms. The van der Waals surface area contributed by atoms with E-state index in [0.717, 1.165) is 6.42 Å². The number of aromatic nitrogens is 3. The highest BCUT2D eigenvalue weighted by Crippen LogP contribution is 2.30.